The number of ether oxygens (including phenoxy) is 2. The second kappa shape index (κ2) is 5.51. The van der Waals surface area contributed by atoms with Crippen LogP contribution >= 0.6 is 8.20 Å². The summed E-state index contributed by atoms with van der Waals surface area (Å²) in [5, 5.41) is 0. The van der Waals surface area contributed by atoms with E-state index in [1.165, 1.54) is 0 Å². The van der Waals surface area contributed by atoms with E-state index in [0.717, 1.165) is 0 Å². The third kappa shape index (κ3) is 6.58. The van der Waals surface area contributed by atoms with E-state index in [1.807, 2.05) is 0 Å². The van der Waals surface area contributed by atoms with Crippen molar-refractivity contribution in [2.75, 3.05) is 13.2 Å². The van der Waals surface area contributed by atoms with Crippen LogP contribution in [0.4, 0.5) is 13.2 Å². The molecule has 0 amide bonds. The summed E-state index contributed by atoms with van der Waals surface area (Å²) in [7, 11) is -0.879. The van der Waals surface area contributed by atoms with Crippen molar-refractivity contribution in [3.63, 3.8) is 0 Å². The lowest BCUT2D eigenvalue weighted by Gasteiger charge is -2.06. The van der Waals surface area contributed by atoms with Crippen LogP contribution in [-0.2, 0) is 9.47 Å². The van der Waals surface area contributed by atoms with Gasteiger partial charge in [-0.15, -0.1) is 0 Å². The summed E-state index contributed by atoms with van der Waals surface area (Å²) >= 11 is 0. The van der Waals surface area contributed by atoms with Gasteiger partial charge in [-0.1, -0.05) is 0 Å². The summed E-state index contributed by atoms with van der Waals surface area (Å²) in [6, 6.07) is 0. The molecule has 0 spiro atoms. The lowest BCUT2D eigenvalue weighted by molar-refractivity contribution is -0.0355. The highest BCUT2D eigenvalue weighted by molar-refractivity contribution is 7.40. The number of alkyl halides is 3. The van der Waals surface area contributed by atoms with E-state index in [0.29, 0.717) is 0 Å². The summed E-state index contributed by atoms with van der Waals surface area (Å²) in [6.07, 6.45) is 0. The second-order valence-corrected chi connectivity index (χ2v) is 2.81. The van der Waals surface area contributed by atoms with Crippen molar-refractivity contribution in [3.05, 3.63) is 0 Å². The van der Waals surface area contributed by atoms with Gasteiger partial charge in [0.05, 0.1) is 21.4 Å². The molecule has 12 heavy (non-hydrogen) atoms. The van der Waals surface area contributed by atoms with Gasteiger partial charge < -0.3 is 9.47 Å². The highest BCUT2D eigenvalue weighted by Gasteiger charge is 2.26. The molecule has 0 heterocycles. The van der Waals surface area contributed by atoms with E-state index >= 15 is 0 Å². The van der Waals surface area contributed by atoms with Crippen LogP contribution in [0.3, 0.4) is 0 Å². The largest absolute Gasteiger partial charge is 0.436 e. The molecule has 0 rings (SSSR count). The Kier molecular flexibility index (Phi) is 5.46. The van der Waals surface area contributed by atoms with Crippen LogP contribution in [0.5, 0.6) is 0 Å². The SMILES string of the molecule is CCOC(OCC)=PC(F)(F)F. The quantitative estimate of drug-likeness (QED) is 0.652. The van der Waals surface area contributed by atoms with Gasteiger partial charge in [0, 0.05) is 0 Å². The molecular formula is C6H10F3O2P. The molecular weight excluding hydrogens is 192 g/mol. The lowest BCUT2D eigenvalue weighted by Crippen LogP contribution is -2.10. The standard InChI is InChI=1S/C6H10F3O2P/c1-3-10-5(11-4-2)12-6(7,8)9/h3-4H2,1-2H3. The van der Waals surface area contributed by atoms with E-state index in [9.17, 15) is 13.2 Å². The van der Waals surface area contributed by atoms with E-state index in [2.05, 4.69) is 9.47 Å². The zero-order valence-electron chi connectivity index (χ0n) is 6.81. The average molecular weight is 202 g/mol. The Morgan fingerprint density at radius 1 is 1.17 bits per heavy atom. The Balaban J connectivity index is 4.17. The molecule has 0 aromatic heterocycles. The number of hydrogen-bond donors (Lipinski definition) is 0. The Morgan fingerprint density at radius 2 is 1.58 bits per heavy atom. The predicted molar refractivity (Wildman–Crippen MR) is 41.2 cm³/mol. The Bertz CT molecular complexity index is 147. The highest BCUT2D eigenvalue weighted by Crippen LogP contribution is 2.30. The van der Waals surface area contributed by atoms with E-state index in [4.69, 9.17) is 0 Å². The molecule has 0 unspecified atom stereocenters. The molecule has 0 aromatic carbocycles. The first-order valence-corrected chi connectivity index (χ1v) is 4.31. The normalized spacial score (nSPS) is 12.1. The van der Waals surface area contributed by atoms with Crippen molar-refractivity contribution >= 4 is 13.9 Å². The molecule has 0 bridgehead atoms. The minimum absolute atomic E-state index is 0.179. The van der Waals surface area contributed by atoms with Crippen molar-refractivity contribution in [1.29, 1.82) is 0 Å². The maximum atomic E-state index is 11.8. The molecule has 0 atom stereocenters. The lowest BCUT2D eigenvalue weighted by atomic mass is 10.9. The third-order valence-corrected chi connectivity index (χ3v) is 1.45. The zero-order chi connectivity index (χ0) is 9.61. The first-order valence-electron chi connectivity index (χ1n) is 3.41. The minimum Gasteiger partial charge on any atom is -0.322 e. The summed E-state index contributed by atoms with van der Waals surface area (Å²) in [5.41, 5.74) is -0.382. The maximum Gasteiger partial charge on any atom is 0.436 e. The molecule has 0 saturated heterocycles. The fourth-order valence-electron chi connectivity index (χ4n) is 0.457. The molecule has 0 N–H and O–H groups in total. The molecule has 0 aliphatic rings. The van der Waals surface area contributed by atoms with Crippen molar-refractivity contribution < 1.29 is 22.6 Å². The molecule has 72 valence electrons. The molecule has 6 heteroatoms. The van der Waals surface area contributed by atoms with Crippen molar-refractivity contribution in [2.45, 2.75) is 19.8 Å². The smallest absolute Gasteiger partial charge is 0.322 e. The minimum atomic E-state index is -4.29. The van der Waals surface area contributed by atoms with Gasteiger partial charge in [-0.3, -0.25) is 0 Å². The maximum absolute atomic E-state index is 11.8. The molecule has 0 saturated carbocycles. The van der Waals surface area contributed by atoms with Crippen LogP contribution in [0.1, 0.15) is 13.8 Å². The van der Waals surface area contributed by atoms with Crippen molar-refractivity contribution in [2.24, 2.45) is 0 Å². The van der Waals surface area contributed by atoms with Crippen LogP contribution in [0.25, 0.3) is 0 Å². The molecule has 0 aliphatic carbocycles. The summed E-state index contributed by atoms with van der Waals surface area (Å²) in [4.78, 5) is 0. The second-order valence-electron chi connectivity index (χ2n) is 1.71. The highest BCUT2D eigenvalue weighted by atomic mass is 31.1. The van der Waals surface area contributed by atoms with Gasteiger partial charge in [-0.25, -0.2) is 0 Å². The van der Waals surface area contributed by atoms with Gasteiger partial charge >= 0.3 is 5.92 Å². The van der Waals surface area contributed by atoms with Gasteiger partial charge in [0.15, 0.2) is 0 Å². The van der Waals surface area contributed by atoms with Gasteiger partial charge in [0.2, 0.25) is 5.67 Å². The van der Waals surface area contributed by atoms with Gasteiger partial charge in [0.25, 0.3) is 0 Å². The number of rotatable bonds is 4. The van der Waals surface area contributed by atoms with Crippen LogP contribution in [0.15, 0.2) is 0 Å². The summed E-state index contributed by atoms with van der Waals surface area (Å²) in [6.45, 7) is 3.56. The summed E-state index contributed by atoms with van der Waals surface area (Å²) in [5.74, 6) is -4.29. The van der Waals surface area contributed by atoms with Gasteiger partial charge in [0.1, 0.15) is 0 Å². The molecule has 0 radical (unpaired) electrons. The molecule has 0 aromatic rings. The van der Waals surface area contributed by atoms with E-state index < -0.39 is 14.1 Å². The number of hydrogen-bond acceptors (Lipinski definition) is 2. The van der Waals surface area contributed by atoms with Crippen LogP contribution in [0, 0.1) is 0 Å². The summed E-state index contributed by atoms with van der Waals surface area (Å²) < 4.78 is 44.5. The van der Waals surface area contributed by atoms with Crippen molar-refractivity contribution in [1.82, 2.24) is 0 Å². The van der Waals surface area contributed by atoms with Gasteiger partial charge in [-0.2, -0.15) is 13.2 Å². The zero-order valence-corrected chi connectivity index (χ0v) is 7.71. The van der Waals surface area contributed by atoms with E-state index in [1.54, 1.807) is 13.8 Å². The van der Waals surface area contributed by atoms with Crippen LogP contribution in [-0.4, -0.2) is 24.8 Å². The average Bonchev–Trinajstić information content (AvgIpc) is 1.84. The van der Waals surface area contributed by atoms with E-state index in [-0.39, 0.29) is 18.9 Å². The first kappa shape index (κ1) is 11.9. The Labute approximate surface area is 70.5 Å². The Morgan fingerprint density at radius 3 is 1.83 bits per heavy atom. The monoisotopic (exact) mass is 202 g/mol. The predicted octanol–water partition coefficient (Wildman–Crippen LogP) is 2.61. The van der Waals surface area contributed by atoms with Crippen LogP contribution < -0.4 is 0 Å². The molecule has 2 nitrogen and oxygen atoms in total. The van der Waals surface area contributed by atoms with Gasteiger partial charge in [-0.05, 0) is 13.8 Å². The Hall–Kier alpha value is -0.120. The fourth-order valence-corrected chi connectivity index (χ4v) is 1.05. The topological polar surface area (TPSA) is 18.5 Å². The fraction of sp³-hybridized carbons (Fsp3) is 0.833. The van der Waals surface area contributed by atoms with Crippen LogP contribution in [0.2, 0.25) is 0 Å². The molecule has 0 fully saturated rings. The molecule has 0 aliphatic heterocycles. The third-order valence-electron chi connectivity index (χ3n) is 0.754. The first-order chi connectivity index (χ1) is 5.49. The van der Waals surface area contributed by atoms with Crippen molar-refractivity contribution in [3.8, 4) is 0 Å². The number of halogens is 3.